The monoisotopic (exact) mass is 294 g/mol. The molecule has 19 heavy (non-hydrogen) atoms. The van der Waals surface area contributed by atoms with E-state index in [1.807, 2.05) is 6.92 Å². The van der Waals surface area contributed by atoms with E-state index >= 15 is 0 Å². The average Bonchev–Trinajstić information content (AvgIpc) is 2.32. The van der Waals surface area contributed by atoms with Gasteiger partial charge >= 0.3 is 0 Å². The first-order chi connectivity index (χ1) is 8.58. The maximum atomic E-state index is 12.0. The van der Waals surface area contributed by atoms with Crippen LogP contribution in [0.3, 0.4) is 0 Å². The quantitative estimate of drug-likeness (QED) is 0.690. The van der Waals surface area contributed by atoms with Gasteiger partial charge < -0.3 is 20.5 Å². The Kier molecular flexibility index (Phi) is 9.35. The van der Waals surface area contributed by atoms with Crippen LogP contribution in [-0.2, 0) is 14.3 Å². The smallest absolute Gasteiger partial charge is 0.225 e. The van der Waals surface area contributed by atoms with Gasteiger partial charge in [0.15, 0.2) is 0 Å². The van der Waals surface area contributed by atoms with E-state index in [1.54, 1.807) is 7.11 Å². The van der Waals surface area contributed by atoms with Crippen LogP contribution >= 0.6 is 12.4 Å². The third kappa shape index (κ3) is 6.56. The molecule has 5 nitrogen and oxygen atoms in total. The molecule has 2 atom stereocenters. The molecule has 6 heteroatoms. The van der Waals surface area contributed by atoms with Gasteiger partial charge in [-0.25, -0.2) is 0 Å². The molecule has 1 aliphatic carbocycles. The molecule has 0 aromatic carbocycles. The minimum atomic E-state index is -0.362. The van der Waals surface area contributed by atoms with Gasteiger partial charge in [0.25, 0.3) is 0 Å². The molecule has 114 valence electrons. The second-order valence-corrected chi connectivity index (χ2v) is 5.20. The Hall–Kier alpha value is -0.360. The predicted octanol–water partition coefficient (Wildman–Crippen LogP) is 1.09. The zero-order valence-corrected chi connectivity index (χ0v) is 12.8. The van der Waals surface area contributed by atoms with Crippen molar-refractivity contribution in [3.63, 3.8) is 0 Å². The van der Waals surface area contributed by atoms with Crippen molar-refractivity contribution in [1.82, 2.24) is 5.32 Å². The van der Waals surface area contributed by atoms with Crippen LogP contribution in [0.25, 0.3) is 0 Å². The summed E-state index contributed by atoms with van der Waals surface area (Å²) in [6.07, 6.45) is 4.03. The van der Waals surface area contributed by atoms with E-state index in [4.69, 9.17) is 15.2 Å². The minimum absolute atomic E-state index is 0. The zero-order valence-electron chi connectivity index (χ0n) is 11.9. The molecule has 0 aromatic rings. The number of hydrogen-bond donors (Lipinski definition) is 2. The highest BCUT2D eigenvalue weighted by Crippen LogP contribution is 2.31. The van der Waals surface area contributed by atoms with Gasteiger partial charge in [0.1, 0.15) is 0 Å². The normalized spacial score (nSPS) is 26.6. The lowest BCUT2D eigenvalue weighted by Crippen LogP contribution is -2.53. The van der Waals surface area contributed by atoms with Crippen LogP contribution in [0.1, 0.15) is 32.6 Å². The summed E-state index contributed by atoms with van der Waals surface area (Å²) in [5.74, 6) is 0.000247. The molecular weight excluding hydrogens is 268 g/mol. The fraction of sp³-hybridized carbons (Fsp3) is 0.923. The van der Waals surface area contributed by atoms with Crippen molar-refractivity contribution in [3.8, 4) is 0 Å². The van der Waals surface area contributed by atoms with Gasteiger partial charge in [0.05, 0.1) is 25.7 Å². The molecule has 0 heterocycles. The fourth-order valence-corrected chi connectivity index (χ4v) is 2.40. The van der Waals surface area contributed by atoms with Crippen LogP contribution < -0.4 is 11.1 Å². The number of carbonyl (C=O) groups excluding carboxylic acids is 1. The van der Waals surface area contributed by atoms with Crippen molar-refractivity contribution >= 4 is 18.3 Å². The van der Waals surface area contributed by atoms with E-state index in [1.165, 1.54) is 0 Å². The minimum Gasteiger partial charge on any atom is -0.382 e. The zero-order chi connectivity index (χ0) is 13.4. The van der Waals surface area contributed by atoms with Gasteiger partial charge in [0, 0.05) is 19.2 Å². The first-order valence-corrected chi connectivity index (χ1v) is 6.71. The summed E-state index contributed by atoms with van der Waals surface area (Å²) in [5, 5.41) is 2.90. The fourth-order valence-electron chi connectivity index (χ4n) is 2.40. The van der Waals surface area contributed by atoms with Gasteiger partial charge in [-0.3, -0.25) is 4.79 Å². The molecule has 2 unspecified atom stereocenters. The van der Waals surface area contributed by atoms with Crippen molar-refractivity contribution in [2.24, 2.45) is 11.7 Å². The van der Waals surface area contributed by atoms with E-state index in [0.29, 0.717) is 26.4 Å². The first-order valence-electron chi connectivity index (χ1n) is 6.71. The molecule has 0 aromatic heterocycles. The molecule has 1 fully saturated rings. The van der Waals surface area contributed by atoms with E-state index in [0.717, 1.165) is 25.7 Å². The predicted molar refractivity (Wildman–Crippen MR) is 77.5 cm³/mol. The highest BCUT2D eigenvalue weighted by atomic mass is 35.5. The first kappa shape index (κ1) is 18.6. The van der Waals surface area contributed by atoms with Crippen LogP contribution in [0.4, 0.5) is 0 Å². The van der Waals surface area contributed by atoms with Crippen molar-refractivity contribution in [1.29, 1.82) is 0 Å². The second kappa shape index (κ2) is 9.53. The Morgan fingerprint density at radius 1 is 1.37 bits per heavy atom. The topological polar surface area (TPSA) is 73.6 Å². The molecule has 1 amide bonds. The SMILES string of the molecule is COCCOCCNC(=O)C1CCCCC1(C)N.Cl. The molecule has 0 aliphatic heterocycles. The third-order valence-electron chi connectivity index (χ3n) is 3.55. The largest absolute Gasteiger partial charge is 0.382 e. The third-order valence-corrected chi connectivity index (χ3v) is 3.55. The average molecular weight is 295 g/mol. The number of methoxy groups -OCH3 is 1. The van der Waals surface area contributed by atoms with Crippen LogP contribution in [-0.4, -0.2) is 44.9 Å². The Morgan fingerprint density at radius 2 is 2.11 bits per heavy atom. The van der Waals surface area contributed by atoms with Gasteiger partial charge in [-0.1, -0.05) is 12.8 Å². The van der Waals surface area contributed by atoms with E-state index in [-0.39, 0.29) is 29.8 Å². The molecule has 0 spiro atoms. The number of nitrogens with one attached hydrogen (secondary N) is 1. The van der Waals surface area contributed by atoms with Crippen LogP contribution in [0.2, 0.25) is 0 Å². The molecule has 1 saturated carbocycles. The summed E-state index contributed by atoms with van der Waals surface area (Å²) in [5.41, 5.74) is 5.82. The Labute approximate surface area is 122 Å². The van der Waals surface area contributed by atoms with Crippen molar-refractivity contribution in [2.45, 2.75) is 38.1 Å². The summed E-state index contributed by atoms with van der Waals surface area (Å²) in [6, 6.07) is 0. The van der Waals surface area contributed by atoms with Crippen LogP contribution in [0.5, 0.6) is 0 Å². The summed E-state index contributed by atoms with van der Waals surface area (Å²) < 4.78 is 10.2. The summed E-state index contributed by atoms with van der Waals surface area (Å²) in [7, 11) is 1.64. The van der Waals surface area contributed by atoms with Gasteiger partial charge in [0.2, 0.25) is 5.91 Å². The molecule has 0 saturated heterocycles. The van der Waals surface area contributed by atoms with E-state index in [9.17, 15) is 4.79 Å². The highest BCUT2D eigenvalue weighted by molar-refractivity contribution is 5.85. The number of hydrogen-bond acceptors (Lipinski definition) is 4. The van der Waals surface area contributed by atoms with E-state index in [2.05, 4.69) is 5.32 Å². The van der Waals surface area contributed by atoms with Gasteiger partial charge in [-0.05, 0) is 19.8 Å². The molecular formula is C13H27ClN2O3. The second-order valence-electron chi connectivity index (χ2n) is 5.20. The van der Waals surface area contributed by atoms with Crippen molar-refractivity contribution in [3.05, 3.63) is 0 Å². The maximum Gasteiger partial charge on any atom is 0.225 e. The lowest BCUT2D eigenvalue weighted by atomic mass is 9.74. The molecule has 1 aliphatic rings. The Balaban J connectivity index is 0.00000324. The summed E-state index contributed by atoms with van der Waals surface area (Å²) in [6.45, 7) is 4.17. The molecule has 0 radical (unpaired) electrons. The number of nitrogens with two attached hydrogens (primary N) is 1. The lowest BCUT2D eigenvalue weighted by Gasteiger charge is -2.37. The van der Waals surface area contributed by atoms with Crippen LogP contribution in [0, 0.1) is 5.92 Å². The molecule has 3 N–H and O–H groups in total. The number of amides is 1. The Morgan fingerprint density at radius 3 is 2.74 bits per heavy atom. The van der Waals surface area contributed by atoms with Crippen molar-refractivity contribution < 1.29 is 14.3 Å². The number of carbonyl (C=O) groups is 1. The maximum absolute atomic E-state index is 12.0. The van der Waals surface area contributed by atoms with Gasteiger partial charge in [-0.15, -0.1) is 12.4 Å². The van der Waals surface area contributed by atoms with Crippen LogP contribution in [0.15, 0.2) is 0 Å². The highest BCUT2D eigenvalue weighted by Gasteiger charge is 2.37. The summed E-state index contributed by atoms with van der Waals surface area (Å²) >= 11 is 0. The lowest BCUT2D eigenvalue weighted by molar-refractivity contribution is -0.128. The number of halogens is 1. The number of ether oxygens (including phenoxy) is 2. The Bertz CT molecular complexity index is 262. The van der Waals surface area contributed by atoms with E-state index < -0.39 is 0 Å². The summed E-state index contributed by atoms with van der Waals surface area (Å²) in [4.78, 5) is 12.0. The standard InChI is InChI=1S/C13H26N2O3.ClH/c1-13(14)6-4-3-5-11(13)12(16)15-7-8-18-10-9-17-2;/h11H,3-10,14H2,1-2H3,(H,15,16);1H. The molecule has 0 bridgehead atoms. The van der Waals surface area contributed by atoms with Crippen molar-refractivity contribution in [2.75, 3.05) is 33.5 Å². The number of rotatable bonds is 7. The molecule has 1 rings (SSSR count). The van der Waals surface area contributed by atoms with Gasteiger partial charge in [-0.2, -0.15) is 0 Å².